The molecule has 3 rings (SSSR count). The Hall–Kier alpha value is -0.920. The average Bonchev–Trinajstić information content (AvgIpc) is 3.13. The Morgan fingerprint density at radius 3 is 2.91 bits per heavy atom. The molecule has 2 heterocycles. The summed E-state index contributed by atoms with van der Waals surface area (Å²) >= 11 is 1.57. The maximum absolute atomic E-state index is 12.8. The standard InChI is InChI=1S/C15H21NO4S2/c1-20-7-6-16(12-5-8-22(18,19)10-12)15(17)14-9-11-3-2-4-13(11)21-14/h9,12H,2-8,10H2,1H3/t12-/m0/s1. The first-order chi connectivity index (χ1) is 10.5. The maximum Gasteiger partial charge on any atom is 0.264 e. The van der Waals surface area contributed by atoms with Gasteiger partial charge in [0.05, 0.1) is 23.0 Å². The zero-order chi connectivity index (χ0) is 15.7. The first-order valence-electron chi connectivity index (χ1n) is 7.62. The highest BCUT2D eigenvalue weighted by Crippen LogP contribution is 2.32. The van der Waals surface area contributed by atoms with Crippen LogP contribution < -0.4 is 0 Å². The predicted molar refractivity (Wildman–Crippen MR) is 86.3 cm³/mol. The van der Waals surface area contributed by atoms with Crippen LogP contribution in [0.1, 0.15) is 33.0 Å². The highest BCUT2D eigenvalue weighted by molar-refractivity contribution is 7.91. The first kappa shape index (κ1) is 16.0. The van der Waals surface area contributed by atoms with Crippen molar-refractivity contribution in [2.45, 2.75) is 31.7 Å². The molecule has 1 aliphatic carbocycles. The van der Waals surface area contributed by atoms with E-state index in [2.05, 4.69) is 0 Å². The number of hydrogen-bond acceptors (Lipinski definition) is 5. The van der Waals surface area contributed by atoms with Crippen molar-refractivity contribution in [2.75, 3.05) is 31.8 Å². The van der Waals surface area contributed by atoms with Crippen LogP contribution in [0.3, 0.4) is 0 Å². The Bertz CT molecular complexity index is 644. The number of fused-ring (bicyclic) bond motifs is 1. The highest BCUT2D eigenvalue weighted by atomic mass is 32.2. The normalized spacial score (nSPS) is 22.7. The molecule has 122 valence electrons. The summed E-state index contributed by atoms with van der Waals surface area (Å²) in [6.07, 6.45) is 3.81. The molecule has 1 aromatic rings. The third-order valence-electron chi connectivity index (χ3n) is 4.40. The van der Waals surface area contributed by atoms with Crippen LogP contribution in [0, 0.1) is 0 Å². The number of aryl methyl sites for hydroxylation is 2. The number of carbonyl (C=O) groups excluding carboxylic acids is 1. The number of nitrogens with zero attached hydrogens (tertiary/aromatic N) is 1. The number of thiophene rings is 1. The van der Waals surface area contributed by atoms with Gasteiger partial charge in [0, 0.05) is 24.6 Å². The van der Waals surface area contributed by atoms with Gasteiger partial charge in [-0.1, -0.05) is 0 Å². The SMILES string of the molecule is COCCN(C(=O)c1cc2c(s1)CCC2)[C@H]1CCS(=O)(=O)C1. The van der Waals surface area contributed by atoms with E-state index in [1.807, 2.05) is 6.07 Å². The van der Waals surface area contributed by atoms with E-state index in [0.717, 1.165) is 17.7 Å². The molecule has 1 aromatic heterocycles. The Kier molecular flexibility index (Phi) is 4.56. The number of rotatable bonds is 5. The van der Waals surface area contributed by atoms with Gasteiger partial charge in [0.2, 0.25) is 0 Å². The zero-order valence-electron chi connectivity index (χ0n) is 12.7. The highest BCUT2D eigenvalue weighted by Gasteiger charge is 2.35. The van der Waals surface area contributed by atoms with Crippen LogP contribution >= 0.6 is 11.3 Å². The molecule has 0 spiro atoms. The number of methoxy groups -OCH3 is 1. The Labute approximate surface area is 135 Å². The quantitative estimate of drug-likeness (QED) is 0.813. The fourth-order valence-electron chi connectivity index (χ4n) is 3.24. The van der Waals surface area contributed by atoms with Crippen molar-refractivity contribution in [3.05, 3.63) is 21.4 Å². The molecule has 2 aliphatic rings. The van der Waals surface area contributed by atoms with E-state index in [-0.39, 0.29) is 23.5 Å². The summed E-state index contributed by atoms with van der Waals surface area (Å²) < 4.78 is 28.5. The lowest BCUT2D eigenvalue weighted by Gasteiger charge is -2.27. The van der Waals surface area contributed by atoms with Crippen LogP contribution in [0.2, 0.25) is 0 Å². The summed E-state index contributed by atoms with van der Waals surface area (Å²) in [6.45, 7) is 0.867. The van der Waals surface area contributed by atoms with Crippen LogP contribution in [0.25, 0.3) is 0 Å². The van der Waals surface area contributed by atoms with Crippen LogP contribution in [-0.2, 0) is 27.4 Å². The number of sulfone groups is 1. The van der Waals surface area contributed by atoms with Crippen LogP contribution in [0.5, 0.6) is 0 Å². The van der Waals surface area contributed by atoms with Crippen molar-refractivity contribution in [3.8, 4) is 0 Å². The van der Waals surface area contributed by atoms with Crippen molar-refractivity contribution in [2.24, 2.45) is 0 Å². The van der Waals surface area contributed by atoms with E-state index in [0.29, 0.717) is 19.6 Å². The smallest absolute Gasteiger partial charge is 0.264 e. The van der Waals surface area contributed by atoms with Gasteiger partial charge in [-0.25, -0.2) is 8.42 Å². The van der Waals surface area contributed by atoms with Gasteiger partial charge in [-0.05, 0) is 37.3 Å². The van der Waals surface area contributed by atoms with E-state index in [1.165, 1.54) is 16.9 Å². The first-order valence-corrected chi connectivity index (χ1v) is 10.3. The van der Waals surface area contributed by atoms with Gasteiger partial charge >= 0.3 is 0 Å². The van der Waals surface area contributed by atoms with Crippen molar-refractivity contribution in [1.29, 1.82) is 0 Å². The van der Waals surface area contributed by atoms with E-state index in [9.17, 15) is 13.2 Å². The number of amides is 1. The summed E-state index contributed by atoms with van der Waals surface area (Å²) in [6, 6.07) is 1.78. The molecule has 0 aromatic carbocycles. The summed E-state index contributed by atoms with van der Waals surface area (Å²) in [7, 11) is -1.42. The monoisotopic (exact) mass is 343 g/mol. The minimum atomic E-state index is -3.01. The average molecular weight is 343 g/mol. The molecular formula is C15H21NO4S2. The lowest BCUT2D eigenvalue weighted by Crippen LogP contribution is -2.42. The Morgan fingerprint density at radius 2 is 2.27 bits per heavy atom. The Balaban J connectivity index is 1.80. The molecule has 7 heteroatoms. The van der Waals surface area contributed by atoms with Gasteiger partial charge < -0.3 is 9.64 Å². The molecule has 1 atom stereocenters. The van der Waals surface area contributed by atoms with Gasteiger partial charge in [0.25, 0.3) is 5.91 Å². The molecule has 0 radical (unpaired) electrons. The molecule has 0 bridgehead atoms. The fraction of sp³-hybridized carbons (Fsp3) is 0.667. The van der Waals surface area contributed by atoms with Crippen molar-refractivity contribution >= 4 is 27.1 Å². The van der Waals surface area contributed by atoms with E-state index >= 15 is 0 Å². The Morgan fingerprint density at radius 1 is 1.45 bits per heavy atom. The second kappa shape index (κ2) is 6.29. The summed E-state index contributed by atoms with van der Waals surface area (Å²) in [4.78, 5) is 16.6. The van der Waals surface area contributed by atoms with Gasteiger partial charge in [0.1, 0.15) is 0 Å². The molecule has 1 aliphatic heterocycles. The van der Waals surface area contributed by atoms with Crippen molar-refractivity contribution in [1.82, 2.24) is 4.90 Å². The third kappa shape index (κ3) is 3.21. The molecule has 1 saturated heterocycles. The van der Waals surface area contributed by atoms with Crippen molar-refractivity contribution < 1.29 is 17.9 Å². The zero-order valence-corrected chi connectivity index (χ0v) is 14.3. The van der Waals surface area contributed by atoms with E-state index in [4.69, 9.17) is 4.74 Å². The van der Waals surface area contributed by atoms with Crippen LogP contribution in [-0.4, -0.2) is 57.0 Å². The number of ether oxygens (including phenoxy) is 1. The minimum Gasteiger partial charge on any atom is -0.383 e. The molecule has 0 unspecified atom stereocenters. The van der Waals surface area contributed by atoms with Gasteiger partial charge in [-0.15, -0.1) is 11.3 Å². The largest absolute Gasteiger partial charge is 0.383 e. The van der Waals surface area contributed by atoms with Crippen molar-refractivity contribution in [3.63, 3.8) is 0 Å². The van der Waals surface area contributed by atoms with Crippen LogP contribution in [0.4, 0.5) is 0 Å². The van der Waals surface area contributed by atoms with E-state index in [1.54, 1.807) is 23.3 Å². The van der Waals surface area contributed by atoms with E-state index < -0.39 is 9.84 Å². The predicted octanol–water partition coefficient (Wildman–Crippen LogP) is 1.51. The molecule has 1 amide bonds. The summed E-state index contributed by atoms with van der Waals surface area (Å²) in [5.74, 6) is 0.210. The second-order valence-corrected chi connectivity index (χ2v) is 9.33. The fourth-order valence-corrected chi connectivity index (χ4v) is 6.18. The molecule has 1 fully saturated rings. The molecule has 22 heavy (non-hydrogen) atoms. The minimum absolute atomic E-state index is 0.0430. The van der Waals surface area contributed by atoms with Gasteiger partial charge in [-0.2, -0.15) is 0 Å². The summed E-state index contributed by atoms with van der Waals surface area (Å²) in [5.41, 5.74) is 1.29. The number of hydrogen-bond donors (Lipinski definition) is 0. The lowest BCUT2D eigenvalue weighted by molar-refractivity contribution is 0.0629. The molecule has 5 nitrogen and oxygen atoms in total. The topological polar surface area (TPSA) is 63.7 Å². The third-order valence-corrected chi connectivity index (χ3v) is 7.38. The molecule has 0 N–H and O–H groups in total. The lowest BCUT2D eigenvalue weighted by atomic mass is 10.2. The second-order valence-electron chi connectivity index (χ2n) is 5.96. The van der Waals surface area contributed by atoms with Gasteiger partial charge in [-0.3, -0.25) is 4.79 Å². The number of carbonyl (C=O) groups is 1. The molecular weight excluding hydrogens is 322 g/mol. The van der Waals surface area contributed by atoms with Crippen LogP contribution in [0.15, 0.2) is 6.07 Å². The van der Waals surface area contributed by atoms with Gasteiger partial charge in [0.15, 0.2) is 9.84 Å². The summed E-state index contributed by atoms with van der Waals surface area (Å²) in [5, 5.41) is 0. The maximum atomic E-state index is 12.8. The molecule has 0 saturated carbocycles.